The van der Waals surface area contributed by atoms with Crippen LogP contribution in [0.3, 0.4) is 0 Å². The zero-order chi connectivity index (χ0) is 9.97. The quantitative estimate of drug-likeness (QED) is 0.663. The minimum Gasteiger partial charge on any atom is -0.381 e. The third-order valence-corrected chi connectivity index (χ3v) is 3.34. The van der Waals surface area contributed by atoms with E-state index in [9.17, 15) is 4.79 Å². The molecular formula is C11H19NO2. The Morgan fingerprint density at radius 1 is 1.57 bits per heavy atom. The Bertz CT molecular complexity index is 211. The number of ketones is 1. The summed E-state index contributed by atoms with van der Waals surface area (Å²) in [6.45, 7) is 6.07. The van der Waals surface area contributed by atoms with E-state index < -0.39 is 0 Å². The van der Waals surface area contributed by atoms with Gasteiger partial charge in [0.15, 0.2) is 0 Å². The molecule has 0 amide bonds. The molecule has 0 radical (unpaired) electrons. The summed E-state index contributed by atoms with van der Waals surface area (Å²) >= 11 is 0. The van der Waals surface area contributed by atoms with Crippen LogP contribution in [0.25, 0.3) is 0 Å². The summed E-state index contributed by atoms with van der Waals surface area (Å²) in [5, 5.41) is 0. The van der Waals surface area contributed by atoms with Gasteiger partial charge >= 0.3 is 0 Å². The number of ether oxygens (including phenoxy) is 1. The lowest BCUT2D eigenvalue weighted by Gasteiger charge is -2.34. The molecule has 2 aliphatic rings. The molecule has 2 unspecified atom stereocenters. The van der Waals surface area contributed by atoms with Crippen molar-refractivity contribution in [3.8, 4) is 0 Å². The van der Waals surface area contributed by atoms with Gasteiger partial charge in [-0.05, 0) is 19.3 Å². The molecule has 2 atom stereocenters. The van der Waals surface area contributed by atoms with Crippen molar-refractivity contribution < 1.29 is 9.53 Å². The van der Waals surface area contributed by atoms with E-state index >= 15 is 0 Å². The van der Waals surface area contributed by atoms with Gasteiger partial charge < -0.3 is 4.74 Å². The van der Waals surface area contributed by atoms with Crippen molar-refractivity contribution in [1.29, 1.82) is 0 Å². The third kappa shape index (κ3) is 2.34. The summed E-state index contributed by atoms with van der Waals surface area (Å²) in [7, 11) is 0. The lowest BCUT2D eigenvalue weighted by Crippen LogP contribution is -2.43. The molecule has 80 valence electrons. The van der Waals surface area contributed by atoms with Gasteiger partial charge in [0.2, 0.25) is 0 Å². The van der Waals surface area contributed by atoms with Gasteiger partial charge in [0.1, 0.15) is 5.78 Å². The number of rotatable bonds is 2. The number of Topliss-reactive ketones (excluding diaryl/α,β-unsaturated/α-hetero) is 1. The maximum atomic E-state index is 11.2. The fourth-order valence-electron chi connectivity index (χ4n) is 2.38. The second-order valence-corrected chi connectivity index (χ2v) is 4.57. The van der Waals surface area contributed by atoms with E-state index in [1.807, 2.05) is 0 Å². The maximum absolute atomic E-state index is 11.2. The highest BCUT2D eigenvalue weighted by molar-refractivity contribution is 5.79. The lowest BCUT2D eigenvalue weighted by molar-refractivity contribution is -0.123. The van der Waals surface area contributed by atoms with Crippen LogP contribution >= 0.6 is 0 Å². The highest BCUT2D eigenvalue weighted by Crippen LogP contribution is 2.19. The standard InChI is InChI=1S/C11H19NO2/c1-9-6-11(13)2-4-12(9)7-10-3-5-14-8-10/h9-10H,2-8H2,1H3. The average molecular weight is 197 g/mol. The molecule has 0 aliphatic carbocycles. The summed E-state index contributed by atoms with van der Waals surface area (Å²) in [5.41, 5.74) is 0. The zero-order valence-electron chi connectivity index (χ0n) is 8.87. The lowest BCUT2D eigenvalue weighted by atomic mass is 9.99. The van der Waals surface area contributed by atoms with Gasteiger partial charge in [0.25, 0.3) is 0 Å². The van der Waals surface area contributed by atoms with Crippen LogP contribution in [0.4, 0.5) is 0 Å². The number of nitrogens with zero attached hydrogens (tertiary/aromatic N) is 1. The molecule has 0 aromatic carbocycles. The molecule has 2 aliphatic heterocycles. The number of hydrogen-bond acceptors (Lipinski definition) is 3. The number of likely N-dealkylation sites (tertiary alicyclic amines) is 1. The van der Waals surface area contributed by atoms with Crippen molar-refractivity contribution in [3.05, 3.63) is 0 Å². The Kier molecular flexibility index (Phi) is 3.19. The SMILES string of the molecule is CC1CC(=O)CCN1CC1CCOC1. The zero-order valence-corrected chi connectivity index (χ0v) is 8.87. The second-order valence-electron chi connectivity index (χ2n) is 4.57. The highest BCUT2D eigenvalue weighted by atomic mass is 16.5. The number of hydrogen-bond donors (Lipinski definition) is 0. The Morgan fingerprint density at radius 2 is 2.43 bits per heavy atom. The van der Waals surface area contributed by atoms with Crippen LogP contribution in [-0.2, 0) is 9.53 Å². The van der Waals surface area contributed by atoms with E-state index in [2.05, 4.69) is 11.8 Å². The van der Waals surface area contributed by atoms with E-state index in [1.54, 1.807) is 0 Å². The summed E-state index contributed by atoms with van der Waals surface area (Å²) in [4.78, 5) is 13.7. The molecule has 2 saturated heterocycles. The first kappa shape index (κ1) is 10.1. The van der Waals surface area contributed by atoms with Gasteiger partial charge in [-0.1, -0.05) is 0 Å². The fourth-order valence-corrected chi connectivity index (χ4v) is 2.38. The van der Waals surface area contributed by atoms with E-state index in [0.29, 0.717) is 17.7 Å². The van der Waals surface area contributed by atoms with Crippen molar-refractivity contribution in [2.24, 2.45) is 5.92 Å². The van der Waals surface area contributed by atoms with Crippen LogP contribution in [0, 0.1) is 5.92 Å². The summed E-state index contributed by atoms with van der Waals surface area (Å²) in [6.07, 6.45) is 2.68. The molecular weight excluding hydrogens is 178 g/mol. The van der Waals surface area contributed by atoms with E-state index in [-0.39, 0.29) is 0 Å². The molecule has 0 bridgehead atoms. The van der Waals surface area contributed by atoms with Crippen LogP contribution in [0.5, 0.6) is 0 Å². The van der Waals surface area contributed by atoms with E-state index in [1.165, 1.54) is 6.42 Å². The Hall–Kier alpha value is -0.410. The molecule has 0 aromatic rings. The molecule has 0 aromatic heterocycles. The monoisotopic (exact) mass is 197 g/mol. The van der Waals surface area contributed by atoms with Gasteiger partial charge in [0, 0.05) is 38.6 Å². The maximum Gasteiger partial charge on any atom is 0.135 e. The van der Waals surface area contributed by atoms with E-state index in [0.717, 1.165) is 39.1 Å². The topological polar surface area (TPSA) is 29.5 Å². The smallest absolute Gasteiger partial charge is 0.135 e. The van der Waals surface area contributed by atoms with E-state index in [4.69, 9.17) is 4.74 Å². The minimum absolute atomic E-state index is 0.427. The van der Waals surface area contributed by atoms with Gasteiger partial charge in [0.05, 0.1) is 6.61 Å². The summed E-state index contributed by atoms with van der Waals surface area (Å²) in [5.74, 6) is 1.13. The number of piperidine rings is 1. The molecule has 0 N–H and O–H groups in total. The largest absolute Gasteiger partial charge is 0.381 e. The van der Waals surface area contributed by atoms with Crippen LogP contribution in [0.2, 0.25) is 0 Å². The third-order valence-electron chi connectivity index (χ3n) is 3.34. The average Bonchev–Trinajstić information content (AvgIpc) is 2.62. The van der Waals surface area contributed by atoms with Crippen LogP contribution in [-0.4, -0.2) is 43.0 Å². The molecule has 2 rings (SSSR count). The summed E-state index contributed by atoms with van der Waals surface area (Å²) in [6, 6.07) is 0.442. The highest BCUT2D eigenvalue weighted by Gasteiger charge is 2.26. The van der Waals surface area contributed by atoms with Gasteiger partial charge in [-0.25, -0.2) is 0 Å². The number of carbonyl (C=O) groups excluding carboxylic acids is 1. The predicted octanol–water partition coefficient (Wildman–Crippen LogP) is 1.08. The second kappa shape index (κ2) is 4.41. The molecule has 14 heavy (non-hydrogen) atoms. The molecule has 0 saturated carbocycles. The van der Waals surface area contributed by atoms with Crippen LogP contribution in [0.15, 0.2) is 0 Å². The van der Waals surface area contributed by atoms with Crippen molar-refractivity contribution in [2.45, 2.75) is 32.2 Å². The van der Waals surface area contributed by atoms with Crippen molar-refractivity contribution in [3.63, 3.8) is 0 Å². The van der Waals surface area contributed by atoms with Gasteiger partial charge in [-0.2, -0.15) is 0 Å². The molecule has 3 heteroatoms. The van der Waals surface area contributed by atoms with Gasteiger partial charge in [-0.15, -0.1) is 0 Å². The first-order chi connectivity index (χ1) is 6.75. The van der Waals surface area contributed by atoms with Crippen molar-refractivity contribution in [2.75, 3.05) is 26.3 Å². The van der Waals surface area contributed by atoms with Crippen molar-refractivity contribution in [1.82, 2.24) is 4.90 Å². The first-order valence-corrected chi connectivity index (χ1v) is 5.59. The normalized spacial score (nSPS) is 35.1. The Labute approximate surface area is 85.4 Å². The Morgan fingerprint density at radius 3 is 3.07 bits per heavy atom. The van der Waals surface area contributed by atoms with Gasteiger partial charge in [-0.3, -0.25) is 9.69 Å². The molecule has 3 nitrogen and oxygen atoms in total. The van der Waals surface area contributed by atoms with Crippen LogP contribution < -0.4 is 0 Å². The van der Waals surface area contributed by atoms with Crippen molar-refractivity contribution >= 4 is 5.78 Å². The van der Waals surface area contributed by atoms with Crippen LogP contribution in [0.1, 0.15) is 26.2 Å². The Balaban J connectivity index is 1.81. The minimum atomic E-state index is 0.427. The first-order valence-electron chi connectivity index (χ1n) is 5.59. The number of carbonyl (C=O) groups is 1. The molecule has 2 heterocycles. The molecule has 0 spiro atoms. The molecule has 2 fully saturated rings. The summed E-state index contributed by atoms with van der Waals surface area (Å²) < 4.78 is 5.36. The predicted molar refractivity (Wildman–Crippen MR) is 54.2 cm³/mol. The fraction of sp³-hybridized carbons (Fsp3) is 0.909.